The van der Waals surface area contributed by atoms with Crippen LogP contribution < -0.4 is 5.32 Å². The minimum absolute atomic E-state index is 0.00811. The quantitative estimate of drug-likeness (QED) is 0.849. The number of para-hydroxylation sites is 1. The highest BCUT2D eigenvalue weighted by Gasteiger charge is 2.06. The Morgan fingerprint density at radius 3 is 2.67 bits per heavy atom. The molecule has 2 rings (SSSR count). The molecular weight excluding hydrogens is 280 g/mol. The van der Waals surface area contributed by atoms with Crippen molar-refractivity contribution in [2.75, 3.05) is 11.1 Å². The summed E-state index contributed by atoms with van der Waals surface area (Å²) in [5.41, 5.74) is 2.56. The summed E-state index contributed by atoms with van der Waals surface area (Å²) in [7, 11) is 0. The van der Waals surface area contributed by atoms with Gasteiger partial charge in [-0.15, -0.1) is 11.8 Å². The van der Waals surface area contributed by atoms with Crippen LogP contribution >= 0.6 is 11.8 Å². The van der Waals surface area contributed by atoms with Crippen molar-refractivity contribution in [1.29, 1.82) is 5.26 Å². The molecule has 1 amide bonds. The molecule has 2 aromatic carbocycles. The molecule has 0 saturated heterocycles. The van der Waals surface area contributed by atoms with Gasteiger partial charge >= 0.3 is 0 Å². The molecule has 0 saturated carbocycles. The third-order valence-electron chi connectivity index (χ3n) is 3.01. The number of anilines is 1. The Bertz CT molecular complexity index is 676. The summed E-state index contributed by atoms with van der Waals surface area (Å²) < 4.78 is 0. The standard InChI is InChI=1S/C17H16N2OS/c1-13-6-2-4-8-15(13)19-17(20)10-11-21-16-9-5-3-7-14(16)12-18/h2-9H,10-11H2,1H3,(H,19,20). The van der Waals surface area contributed by atoms with Gasteiger partial charge in [-0.1, -0.05) is 30.3 Å². The van der Waals surface area contributed by atoms with E-state index < -0.39 is 0 Å². The smallest absolute Gasteiger partial charge is 0.225 e. The van der Waals surface area contributed by atoms with Crippen LogP contribution in [0.5, 0.6) is 0 Å². The molecule has 0 atom stereocenters. The first-order chi connectivity index (χ1) is 10.2. The molecule has 0 fully saturated rings. The van der Waals surface area contributed by atoms with Crippen LogP contribution in [-0.4, -0.2) is 11.7 Å². The summed E-state index contributed by atoms with van der Waals surface area (Å²) in [6.07, 6.45) is 0.415. The molecule has 0 spiro atoms. The van der Waals surface area contributed by atoms with Crippen molar-refractivity contribution in [3.05, 3.63) is 59.7 Å². The normalized spacial score (nSPS) is 9.90. The van der Waals surface area contributed by atoms with Gasteiger partial charge in [-0.05, 0) is 30.7 Å². The highest BCUT2D eigenvalue weighted by atomic mass is 32.2. The number of nitrogens with zero attached hydrogens (tertiary/aromatic N) is 1. The molecule has 106 valence electrons. The molecule has 0 bridgehead atoms. The Morgan fingerprint density at radius 2 is 1.90 bits per heavy atom. The van der Waals surface area contributed by atoms with Crippen LogP contribution in [0.25, 0.3) is 0 Å². The molecule has 1 N–H and O–H groups in total. The third kappa shape index (κ3) is 4.37. The summed E-state index contributed by atoms with van der Waals surface area (Å²) >= 11 is 1.53. The van der Waals surface area contributed by atoms with Gasteiger partial charge in [0.15, 0.2) is 0 Å². The van der Waals surface area contributed by atoms with Gasteiger partial charge in [-0.3, -0.25) is 4.79 Å². The van der Waals surface area contributed by atoms with E-state index in [9.17, 15) is 4.79 Å². The van der Waals surface area contributed by atoms with E-state index in [1.165, 1.54) is 11.8 Å². The lowest BCUT2D eigenvalue weighted by Crippen LogP contribution is -2.12. The molecule has 21 heavy (non-hydrogen) atoms. The van der Waals surface area contributed by atoms with Gasteiger partial charge in [0.25, 0.3) is 0 Å². The Kier molecular flexibility index (Phi) is 5.42. The zero-order chi connectivity index (χ0) is 15.1. The fourth-order valence-electron chi connectivity index (χ4n) is 1.86. The second kappa shape index (κ2) is 7.51. The lowest BCUT2D eigenvalue weighted by Gasteiger charge is -2.08. The number of hydrogen-bond acceptors (Lipinski definition) is 3. The van der Waals surface area contributed by atoms with Crippen LogP contribution in [0.1, 0.15) is 17.5 Å². The predicted molar refractivity (Wildman–Crippen MR) is 86.3 cm³/mol. The van der Waals surface area contributed by atoms with Crippen molar-refractivity contribution in [2.45, 2.75) is 18.2 Å². The fourth-order valence-corrected chi connectivity index (χ4v) is 2.82. The number of thioether (sulfide) groups is 1. The number of benzene rings is 2. The van der Waals surface area contributed by atoms with Gasteiger partial charge in [0, 0.05) is 22.8 Å². The number of aryl methyl sites for hydroxylation is 1. The monoisotopic (exact) mass is 296 g/mol. The second-order valence-corrected chi connectivity index (χ2v) is 5.71. The Balaban J connectivity index is 1.85. The lowest BCUT2D eigenvalue weighted by atomic mass is 10.2. The number of rotatable bonds is 5. The van der Waals surface area contributed by atoms with E-state index in [2.05, 4.69) is 11.4 Å². The van der Waals surface area contributed by atoms with Crippen molar-refractivity contribution >= 4 is 23.4 Å². The Hall–Kier alpha value is -2.25. The first-order valence-electron chi connectivity index (χ1n) is 6.68. The van der Waals surface area contributed by atoms with Crippen molar-refractivity contribution in [3.8, 4) is 6.07 Å². The van der Waals surface area contributed by atoms with E-state index in [1.54, 1.807) is 6.07 Å². The average molecular weight is 296 g/mol. The summed E-state index contributed by atoms with van der Waals surface area (Å²) in [6.45, 7) is 1.97. The number of amides is 1. The number of carbonyl (C=O) groups excluding carboxylic acids is 1. The van der Waals surface area contributed by atoms with E-state index >= 15 is 0 Å². The molecule has 0 heterocycles. The van der Waals surface area contributed by atoms with Gasteiger partial charge in [0.2, 0.25) is 5.91 Å². The first kappa shape index (κ1) is 15.1. The van der Waals surface area contributed by atoms with E-state index in [1.807, 2.05) is 49.4 Å². The van der Waals surface area contributed by atoms with E-state index in [0.29, 0.717) is 17.7 Å². The van der Waals surface area contributed by atoms with Crippen LogP contribution in [0.2, 0.25) is 0 Å². The number of carbonyl (C=O) groups is 1. The molecule has 0 radical (unpaired) electrons. The molecule has 3 nitrogen and oxygen atoms in total. The van der Waals surface area contributed by atoms with Crippen LogP contribution in [-0.2, 0) is 4.79 Å². The topological polar surface area (TPSA) is 52.9 Å². The van der Waals surface area contributed by atoms with E-state index in [-0.39, 0.29) is 5.91 Å². The van der Waals surface area contributed by atoms with Crippen LogP contribution in [0.15, 0.2) is 53.4 Å². The van der Waals surface area contributed by atoms with E-state index in [0.717, 1.165) is 16.1 Å². The van der Waals surface area contributed by atoms with Gasteiger partial charge in [-0.25, -0.2) is 0 Å². The van der Waals surface area contributed by atoms with Crippen LogP contribution in [0.3, 0.4) is 0 Å². The zero-order valence-electron chi connectivity index (χ0n) is 11.8. The summed E-state index contributed by atoms with van der Waals surface area (Å²) in [5, 5.41) is 11.9. The minimum Gasteiger partial charge on any atom is -0.326 e. The molecule has 0 aliphatic rings. The largest absolute Gasteiger partial charge is 0.326 e. The van der Waals surface area contributed by atoms with Crippen molar-refractivity contribution in [1.82, 2.24) is 0 Å². The molecule has 0 unspecified atom stereocenters. The number of hydrogen-bond donors (Lipinski definition) is 1. The van der Waals surface area contributed by atoms with Crippen molar-refractivity contribution in [2.24, 2.45) is 0 Å². The summed E-state index contributed by atoms with van der Waals surface area (Å²) in [6, 6.07) is 17.3. The molecule has 2 aromatic rings. The highest BCUT2D eigenvalue weighted by molar-refractivity contribution is 7.99. The first-order valence-corrected chi connectivity index (χ1v) is 7.66. The van der Waals surface area contributed by atoms with Gasteiger partial charge in [0.05, 0.1) is 5.56 Å². The van der Waals surface area contributed by atoms with Crippen molar-refractivity contribution in [3.63, 3.8) is 0 Å². The average Bonchev–Trinajstić information content (AvgIpc) is 2.50. The lowest BCUT2D eigenvalue weighted by molar-refractivity contribution is -0.115. The Labute approximate surface area is 129 Å². The van der Waals surface area contributed by atoms with Gasteiger partial charge < -0.3 is 5.32 Å². The maximum absolute atomic E-state index is 11.9. The van der Waals surface area contributed by atoms with Gasteiger partial charge in [0.1, 0.15) is 6.07 Å². The predicted octanol–water partition coefficient (Wildman–Crippen LogP) is 3.99. The number of nitriles is 1. The number of nitrogens with one attached hydrogen (secondary N) is 1. The fraction of sp³-hybridized carbons (Fsp3) is 0.176. The van der Waals surface area contributed by atoms with Crippen molar-refractivity contribution < 1.29 is 4.79 Å². The molecule has 0 aromatic heterocycles. The molecule has 4 heteroatoms. The Morgan fingerprint density at radius 1 is 1.19 bits per heavy atom. The minimum atomic E-state index is -0.00811. The second-order valence-electron chi connectivity index (χ2n) is 4.57. The third-order valence-corrected chi connectivity index (χ3v) is 4.09. The SMILES string of the molecule is Cc1ccccc1NC(=O)CCSc1ccccc1C#N. The maximum Gasteiger partial charge on any atom is 0.225 e. The highest BCUT2D eigenvalue weighted by Crippen LogP contribution is 2.23. The zero-order valence-corrected chi connectivity index (χ0v) is 12.6. The van der Waals surface area contributed by atoms with Crippen LogP contribution in [0.4, 0.5) is 5.69 Å². The molecule has 0 aliphatic heterocycles. The summed E-state index contributed by atoms with van der Waals surface area (Å²) in [4.78, 5) is 12.8. The van der Waals surface area contributed by atoms with Crippen LogP contribution in [0, 0.1) is 18.3 Å². The summed E-state index contributed by atoms with van der Waals surface area (Å²) in [5.74, 6) is 0.641. The van der Waals surface area contributed by atoms with Gasteiger partial charge in [-0.2, -0.15) is 5.26 Å². The van der Waals surface area contributed by atoms with E-state index in [4.69, 9.17) is 5.26 Å². The maximum atomic E-state index is 11.9. The molecular formula is C17H16N2OS. The molecule has 0 aliphatic carbocycles.